The number of aliphatic hydroxyl groups is 2. The topological polar surface area (TPSA) is 175 Å². The molecule has 1 aliphatic rings. The Morgan fingerprint density at radius 3 is 1.31 bits per heavy atom. The second-order valence-corrected chi connectivity index (χ2v) is 20.6. The lowest BCUT2D eigenvalue weighted by atomic mass is 9.98. The van der Waals surface area contributed by atoms with E-state index in [1.54, 1.807) is 0 Å². The van der Waals surface area contributed by atoms with Crippen LogP contribution in [0.15, 0.2) is 85.1 Å². The summed E-state index contributed by atoms with van der Waals surface area (Å²) < 4.78 is 28.4. The maximum Gasteiger partial charge on any atom is 0.335 e. The van der Waals surface area contributed by atoms with Crippen LogP contribution in [0.25, 0.3) is 0 Å². The van der Waals surface area contributed by atoms with Gasteiger partial charge in [-0.25, -0.2) is 4.79 Å². The Morgan fingerprint density at radius 2 is 0.831 bits per heavy atom. The first-order valence-corrected chi connectivity index (χ1v) is 30.6. The monoisotopic (exact) mass is 1080 g/mol. The third-order valence-electron chi connectivity index (χ3n) is 13.4. The molecule has 1 fully saturated rings. The molecule has 0 saturated carbocycles. The van der Waals surface area contributed by atoms with Crippen LogP contribution in [0.2, 0.25) is 0 Å². The van der Waals surface area contributed by atoms with E-state index in [1.165, 1.54) is 83.5 Å². The molecular weight excluding hydrogens is 973 g/mol. The molecule has 12 heteroatoms. The molecular formula is C65H108O12. The van der Waals surface area contributed by atoms with Gasteiger partial charge < -0.3 is 39.0 Å². The number of carbonyl (C=O) groups is 4. The van der Waals surface area contributed by atoms with Crippen LogP contribution < -0.4 is 0 Å². The highest BCUT2D eigenvalue weighted by Crippen LogP contribution is 2.26. The molecule has 0 bridgehead atoms. The summed E-state index contributed by atoms with van der Waals surface area (Å²) in [6, 6.07) is 0. The summed E-state index contributed by atoms with van der Waals surface area (Å²) in [6.45, 7) is 5.81. The highest BCUT2D eigenvalue weighted by Gasteiger charge is 2.50. The van der Waals surface area contributed by atoms with Crippen molar-refractivity contribution in [3.05, 3.63) is 85.1 Å². The molecule has 1 heterocycles. The number of carboxylic acid groups (broad SMARTS) is 1. The summed E-state index contributed by atoms with van der Waals surface area (Å²) in [5.74, 6) is -3.21. The zero-order valence-electron chi connectivity index (χ0n) is 48.4. The van der Waals surface area contributed by atoms with Gasteiger partial charge in [0, 0.05) is 19.3 Å². The van der Waals surface area contributed by atoms with Crippen molar-refractivity contribution >= 4 is 23.9 Å². The lowest BCUT2D eigenvalue weighted by Gasteiger charge is -2.40. The van der Waals surface area contributed by atoms with E-state index >= 15 is 0 Å². The predicted octanol–water partition coefficient (Wildman–Crippen LogP) is 15.9. The Kier molecular flexibility index (Phi) is 48.4. The van der Waals surface area contributed by atoms with Crippen molar-refractivity contribution in [2.75, 3.05) is 13.2 Å². The molecule has 6 unspecified atom stereocenters. The fourth-order valence-electron chi connectivity index (χ4n) is 8.75. The standard InChI is InChI=1S/C65H108O12/c1-4-7-10-13-16-19-22-25-27-29-31-34-36-39-42-45-48-51-57(66)73-54-56(75-58(67)52-49-46-43-40-38-35-32-30-28-26-23-20-17-14-11-8-5-2)55-74-65-63(61(70)60(69)62(77-65)64(71)72)76-59(68)53-50-47-44-41-37-33-24-21-18-15-12-9-6-3/h7,10,16,19,21,24-28,31,34,39,42,56,60-63,65,69-70H,4-6,8-9,11-15,17-18,20,22-23,29-30,32-33,35-38,40-41,43-55H2,1-3H3,(H,71,72)/b10-7-,19-16-,24-21-,27-25-,28-26-,34-31-,42-39-. The normalized spacial score (nSPS) is 18.6. The molecule has 0 aromatic rings. The summed E-state index contributed by atoms with van der Waals surface area (Å²) in [6.07, 6.45) is 55.5. The number of carbonyl (C=O) groups excluding carboxylic acids is 3. The lowest BCUT2D eigenvalue weighted by molar-refractivity contribution is -0.301. The number of hydrogen-bond acceptors (Lipinski definition) is 11. The van der Waals surface area contributed by atoms with Gasteiger partial charge in [-0.3, -0.25) is 14.4 Å². The first-order valence-electron chi connectivity index (χ1n) is 30.6. The van der Waals surface area contributed by atoms with Gasteiger partial charge in [-0.1, -0.05) is 209 Å². The van der Waals surface area contributed by atoms with Gasteiger partial charge in [0.25, 0.3) is 0 Å². The fraction of sp³-hybridized carbons (Fsp3) is 0.723. The maximum atomic E-state index is 13.2. The number of allylic oxidation sites excluding steroid dienone is 14. The molecule has 0 aromatic heterocycles. The van der Waals surface area contributed by atoms with Crippen molar-refractivity contribution in [3.8, 4) is 0 Å². The largest absolute Gasteiger partial charge is 0.479 e. The van der Waals surface area contributed by atoms with Gasteiger partial charge in [0.1, 0.15) is 18.8 Å². The molecule has 0 amide bonds. The SMILES string of the molecule is CC/C=C\C/C=C\C/C=C\C/C=C\C/C=C\CCCC(=O)OCC(COC1OC(C(=O)O)C(O)C(O)C1OC(=O)CCCCCCC/C=C\CCCCCC)OC(=O)CCCCCCCCC/C=C\CCCCCCCC. The summed E-state index contributed by atoms with van der Waals surface area (Å²) in [5, 5.41) is 31.5. The maximum absolute atomic E-state index is 13.2. The molecule has 0 aromatic carbocycles. The van der Waals surface area contributed by atoms with E-state index < -0.39 is 67.3 Å². The van der Waals surface area contributed by atoms with E-state index in [4.69, 9.17) is 23.7 Å². The minimum atomic E-state index is -1.92. The molecule has 1 aliphatic heterocycles. The van der Waals surface area contributed by atoms with E-state index in [9.17, 15) is 34.5 Å². The first kappa shape index (κ1) is 70.9. The minimum Gasteiger partial charge on any atom is -0.479 e. The van der Waals surface area contributed by atoms with Gasteiger partial charge in [-0.2, -0.15) is 0 Å². The number of hydrogen-bond donors (Lipinski definition) is 3. The number of ether oxygens (including phenoxy) is 5. The molecule has 3 N–H and O–H groups in total. The van der Waals surface area contributed by atoms with E-state index in [1.807, 2.05) is 6.08 Å². The highest BCUT2D eigenvalue weighted by molar-refractivity contribution is 5.74. The Balaban J connectivity index is 2.73. The second kappa shape index (κ2) is 52.6. The molecule has 0 aliphatic carbocycles. The van der Waals surface area contributed by atoms with Crippen molar-refractivity contribution in [1.29, 1.82) is 0 Å². The van der Waals surface area contributed by atoms with Crippen LogP contribution in [0.4, 0.5) is 0 Å². The summed E-state index contributed by atoms with van der Waals surface area (Å²) >= 11 is 0. The number of unbranched alkanes of at least 4 members (excludes halogenated alkanes) is 23. The average Bonchev–Trinajstić information content (AvgIpc) is 3.42. The summed E-state index contributed by atoms with van der Waals surface area (Å²) in [5.41, 5.74) is 0. The van der Waals surface area contributed by atoms with Crippen LogP contribution in [-0.2, 0) is 42.9 Å². The number of aliphatic hydroxyl groups excluding tert-OH is 2. The van der Waals surface area contributed by atoms with Gasteiger partial charge in [0.05, 0.1) is 6.61 Å². The smallest absolute Gasteiger partial charge is 0.335 e. The molecule has 0 spiro atoms. The molecule has 6 atom stereocenters. The first-order chi connectivity index (χ1) is 37.6. The molecule has 12 nitrogen and oxygen atoms in total. The van der Waals surface area contributed by atoms with Crippen molar-refractivity contribution in [1.82, 2.24) is 0 Å². The number of rotatable bonds is 51. The van der Waals surface area contributed by atoms with Gasteiger partial charge in [-0.15, -0.1) is 0 Å². The van der Waals surface area contributed by atoms with E-state index in [0.29, 0.717) is 25.7 Å². The molecule has 1 saturated heterocycles. The fourth-order valence-corrected chi connectivity index (χ4v) is 8.75. The van der Waals surface area contributed by atoms with E-state index in [2.05, 4.69) is 99.8 Å². The Bertz CT molecular complexity index is 1660. The second-order valence-electron chi connectivity index (χ2n) is 20.6. The molecule has 1 rings (SSSR count). The highest BCUT2D eigenvalue weighted by atomic mass is 16.7. The Labute approximate surface area is 467 Å². The van der Waals surface area contributed by atoms with Crippen LogP contribution in [-0.4, -0.2) is 89.2 Å². The Hall–Kier alpha value is -4.10. The van der Waals surface area contributed by atoms with Crippen molar-refractivity contribution in [2.45, 2.75) is 289 Å². The van der Waals surface area contributed by atoms with Gasteiger partial charge in [0.15, 0.2) is 24.6 Å². The van der Waals surface area contributed by atoms with Crippen molar-refractivity contribution in [3.63, 3.8) is 0 Å². The summed E-state index contributed by atoms with van der Waals surface area (Å²) in [7, 11) is 0. The van der Waals surface area contributed by atoms with Crippen LogP contribution in [0.1, 0.15) is 252 Å². The van der Waals surface area contributed by atoms with Gasteiger partial charge in [0.2, 0.25) is 0 Å². The predicted molar refractivity (Wildman–Crippen MR) is 312 cm³/mol. The lowest BCUT2D eigenvalue weighted by Crippen LogP contribution is -2.61. The van der Waals surface area contributed by atoms with Crippen molar-refractivity contribution in [2.24, 2.45) is 0 Å². The van der Waals surface area contributed by atoms with Crippen LogP contribution in [0, 0.1) is 0 Å². The zero-order valence-corrected chi connectivity index (χ0v) is 48.4. The Morgan fingerprint density at radius 1 is 0.442 bits per heavy atom. The molecule has 0 radical (unpaired) electrons. The van der Waals surface area contributed by atoms with E-state index in [0.717, 1.165) is 103 Å². The summed E-state index contributed by atoms with van der Waals surface area (Å²) in [4.78, 5) is 51.2. The number of esters is 3. The van der Waals surface area contributed by atoms with Gasteiger partial charge in [-0.05, 0) is 109 Å². The van der Waals surface area contributed by atoms with E-state index in [-0.39, 0.29) is 25.9 Å². The average molecular weight is 1080 g/mol. The molecule has 77 heavy (non-hydrogen) atoms. The quantitative estimate of drug-likeness (QED) is 0.0228. The van der Waals surface area contributed by atoms with Crippen LogP contribution in [0.3, 0.4) is 0 Å². The van der Waals surface area contributed by atoms with Crippen LogP contribution >= 0.6 is 0 Å². The zero-order chi connectivity index (χ0) is 56.1. The number of aliphatic carboxylic acids is 1. The van der Waals surface area contributed by atoms with Crippen LogP contribution in [0.5, 0.6) is 0 Å². The third-order valence-corrected chi connectivity index (χ3v) is 13.4. The minimum absolute atomic E-state index is 0.0420. The number of carboxylic acids is 1. The van der Waals surface area contributed by atoms with Gasteiger partial charge >= 0.3 is 23.9 Å². The van der Waals surface area contributed by atoms with Crippen molar-refractivity contribution < 1.29 is 58.2 Å². The molecule has 440 valence electrons. The third kappa shape index (κ3) is 42.5.